The van der Waals surface area contributed by atoms with E-state index in [0.717, 1.165) is 18.4 Å². The number of carbonyl (C=O) groups is 1. The third-order valence-corrected chi connectivity index (χ3v) is 4.43. The zero-order valence-corrected chi connectivity index (χ0v) is 12.7. The summed E-state index contributed by atoms with van der Waals surface area (Å²) in [6.45, 7) is 5.96. The molecule has 1 aliphatic carbocycles. The van der Waals surface area contributed by atoms with Gasteiger partial charge in [-0.15, -0.1) is 0 Å². The van der Waals surface area contributed by atoms with Crippen LogP contribution in [0, 0.1) is 20.8 Å². The Labute approximate surface area is 122 Å². The molecule has 1 aromatic carbocycles. The first kappa shape index (κ1) is 13.2. The number of hydrogen-bond donors (Lipinski definition) is 1. The number of anilines is 1. The van der Waals surface area contributed by atoms with Gasteiger partial charge in [0.2, 0.25) is 11.0 Å². The Hall–Kier alpha value is -1.75. The Bertz CT molecular complexity index is 653. The molecule has 0 saturated heterocycles. The fourth-order valence-corrected chi connectivity index (χ4v) is 3.16. The van der Waals surface area contributed by atoms with Gasteiger partial charge >= 0.3 is 0 Å². The van der Waals surface area contributed by atoms with Crippen LogP contribution in [0.2, 0.25) is 0 Å². The summed E-state index contributed by atoms with van der Waals surface area (Å²) >= 11 is 1.23. The van der Waals surface area contributed by atoms with E-state index >= 15 is 0 Å². The zero-order valence-electron chi connectivity index (χ0n) is 11.9. The van der Waals surface area contributed by atoms with Crippen LogP contribution in [-0.4, -0.2) is 15.3 Å². The highest BCUT2D eigenvalue weighted by Crippen LogP contribution is 2.49. The Balaban J connectivity index is 1.86. The molecule has 3 rings (SSSR count). The van der Waals surface area contributed by atoms with E-state index in [9.17, 15) is 4.79 Å². The number of amides is 1. The Morgan fingerprint density at radius 1 is 1.20 bits per heavy atom. The molecule has 0 spiro atoms. The highest BCUT2D eigenvalue weighted by Gasteiger charge is 2.51. The summed E-state index contributed by atoms with van der Waals surface area (Å²) in [6.07, 6.45) is 1.80. The second kappa shape index (κ2) is 4.66. The first-order valence-corrected chi connectivity index (χ1v) is 7.47. The van der Waals surface area contributed by atoms with Crippen molar-refractivity contribution in [2.24, 2.45) is 0 Å². The van der Waals surface area contributed by atoms with Gasteiger partial charge in [-0.05, 0) is 39.2 Å². The fourth-order valence-electron chi connectivity index (χ4n) is 2.59. The quantitative estimate of drug-likeness (QED) is 0.943. The highest BCUT2D eigenvalue weighted by atomic mass is 32.1. The van der Waals surface area contributed by atoms with Crippen LogP contribution in [0.15, 0.2) is 18.2 Å². The van der Waals surface area contributed by atoms with Crippen molar-refractivity contribution in [3.8, 4) is 0 Å². The molecule has 1 aromatic heterocycles. The second-order valence-electron chi connectivity index (χ2n) is 5.56. The molecule has 0 radical (unpaired) electrons. The minimum absolute atomic E-state index is 0.0404. The van der Waals surface area contributed by atoms with Gasteiger partial charge in [-0.2, -0.15) is 4.37 Å². The highest BCUT2D eigenvalue weighted by molar-refractivity contribution is 7.09. The molecule has 104 valence electrons. The molecule has 1 saturated carbocycles. The molecule has 0 atom stereocenters. The topological polar surface area (TPSA) is 54.9 Å². The first-order valence-electron chi connectivity index (χ1n) is 6.70. The number of hydrogen-bond acceptors (Lipinski definition) is 4. The van der Waals surface area contributed by atoms with E-state index in [1.165, 1.54) is 22.7 Å². The molecular formula is C15H17N3OS. The number of carbonyl (C=O) groups excluding carboxylic acids is 1. The minimum Gasteiger partial charge on any atom is -0.300 e. The molecule has 20 heavy (non-hydrogen) atoms. The van der Waals surface area contributed by atoms with Crippen LogP contribution in [0.3, 0.4) is 0 Å². The van der Waals surface area contributed by atoms with Gasteiger partial charge in [0, 0.05) is 11.5 Å². The normalized spacial score (nSPS) is 15.9. The van der Waals surface area contributed by atoms with Crippen LogP contribution in [0.25, 0.3) is 0 Å². The average molecular weight is 287 g/mol. The zero-order chi connectivity index (χ0) is 14.3. The summed E-state index contributed by atoms with van der Waals surface area (Å²) < 4.78 is 4.09. The number of aryl methyl sites for hydroxylation is 3. The van der Waals surface area contributed by atoms with Crippen molar-refractivity contribution < 1.29 is 4.79 Å². The smallest absolute Gasteiger partial charge is 0.236 e. The summed E-state index contributed by atoms with van der Waals surface area (Å²) in [5, 5.41) is 3.50. The molecule has 0 bridgehead atoms. The molecule has 1 aliphatic rings. The summed E-state index contributed by atoms with van der Waals surface area (Å²) in [4.78, 5) is 16.8. The predicted octanol–water partition coefficient (Wildman–Crippen LogP) is 3.13. The van der Waals surface area contributed by atoms with Crippen molar-refractivity contribution >= 4 is 22.6 Å². The van der Waals surface area contributed by atoms with Gasteiger partial charge in [0.05, 0.1) is 5.41 Å². The Kier molecular flexibility index (Phi) is 3.09. The summed E-state index contributed by atoms with van der Waals surface area (Å²) in [5.41, 5.74) is 3.15. The maximum absolute atomic E-state index is 12.6. The fraction of sp³-hybridized carbons (Fsp3) is 0.400. The van der Waals surface area contributed by atoms with Crippen molar-refractivity contribution in [1.82, 2.24) is 9.36 Å². The molecule has 0 unspecified atom stereocenters. The molecule has 1 fully saturated rings. The van der Waals surface area contributed by atoms with Crippen molar-refractivity contribution in [1.29, 1.82) is 0 Å². The van der Waals surface area contributed by atoms with Crippen molar-refractivity contribution in [2.75, 3.05) is 5.32 Å². The van der Waals surface area contributed by atoms with Crippen LogP contribution in [0.5, 0.6) is 0 Å². The molecule has 5 heteroatoms. The molecule has 0 aliphatic heterocycles. The molecular weight excluding hydrogens is 270 g/mol. The Morgan fingerprint density at radius 3 is 2.35 bits per heavy atom. The predicted molar refractivity (Wildman–Crippen MR) is 80.1 cm³/mol. The monoisotopic (exact) mass is 287 g/mol. The van der Waals surface area contributed by atoms with Gasteiger partial charge in [-0.3, -0.25) is 10.1 Å². The Morgan fingerprint density at radius 2 is 1.85 bits per heavy atom. The van der Waals surface area contributed by atoms with E-state index in [1.54, 1.807) is 0 Å². The third kappa shape index (κ3) is 2.33. The molecule has 1 amide bonds. The lowest BCUT2D eigenvalue weighted by Crippen LogP contribution is -2.28. The van der Waals surface area contributed by atoms with E-state index in [0.29, 0.717) is 11.0 Å². The van der Waals surface area contributed by atoms with Crippen LogP contribution in [0.1, 0.15) is 35.4 Å². The molecule has 2 aromatic rings. The van der Waals surface area contributed by atoms with E-state index in [2.05, 4.69) is 46.7 Å². The van der Waals surface area contributed by atoms with Gasteiger partial charge < -0.3 is 0 Å². The number of nitrogens with one attached hydrogen (secondary N) is 1. The molecule has 1 N–H and O–H groups in total. The lowest BCUT2D eigenvalue weighted by atomic mass is 9.92. The molecule has 1 heterocycles. The van der Waals surface area contributed by atoms with Gasteiger partial charge in [0.25, 0.3) is 0 Å². The summed E-state index contributed by atoms with van der Waals surface area (Å²) in [5.74, 6) is 0.736. The maximum atomic E-state index is 12.6. The number of rotatable bonds is 3. The number of aromatic nitrogens is 2. The third-order valence-electron chi connectivity index (χ3n) is 3.71. The van der Waals surface area contributed by atoms with Crippen LogP contribution in [-0.2, 0) is 10.2 Å². The van der Waals surface area contributed by atoms with E-state index in [-0.39, 0.29) is 11.3 Å². The average Bonchev–Trinajstić information content (AvgIpc) is 3.08. The van der Waals surface area contributed by atoms with Crippen LogP contribution in [0.4, 0.5) is 5.13 Å². The maximum Gasteiger partial charge on any atom is 0.236 e. The van der Waals surface area contributed by atoms with E-state index < -0.39 is 0 Å². The number of benzene rings is 1. The SMILES string of the molecule is Cc1cc(C)cc(C2(C(=O)Nc3nc(C)ns3)CC2)c1. The standard InChI is InChI=1S/C15H17N3OS/c1-9-6-10(2)8-12(7-9)15(4-5-15)13(19)17-14-16-11(3)18-20-14/h6-8H,4-5H2,1-3H3,(H,16,17,18,19). The summed E-state index contributed by atoms with van der Waals surface area (Å²) in [6, 6.07) is 6.36. The lowest BCUT2D eigenvalue weighted by molar-refractivity contribution is -0.118. The van der Waals surface area contributed by atoms with Gasteiger partial charge in [-0.25, -0.2) is 4.98 Å². The van der Waals surface area contributed by atoms with E-state index in [4.69, 9.17) is 0 Å². The molecule has 4 nitrogen and oxygen atoms in total. The minimum atomic E-state index is -0.365. The van der Waals surface area contributed by atoms with Crippen molar-refractivity contribution in [3.63, 3.8) is 0 Å². The summed E-state index contributed by atoms with van der Waals surface area (Å²) in [7, 11) is 0. The largest absolute Gasteiger partial charge is 0.300 e. The van der Waals surface area contributed by atoms with Gasteiger partial charge in [0.1, 0.15) is 5.82 Å². The number of nitrogens with zero attached hydrogens (tertiary/aromatic N) is 2. The lowest BCUT2D eigenvalue weighted by Gasteiger charge is -2.16. The van der Waals surface area contributed by atoms with Gasteiger partial charge in [0.15, 0.2) is 0 Å². The van der Waals surface area contributed by atoms with Crippen LogP contribution < -0.4 is 5.32 Å². The van der Waals surface area contributed by atoms with E-state index in [1.807, 2.05) is 6.92 Å². The van der Waals surface area contributed by atoms with Crippen molar-refractivity contribution in [3.05, 3.63) is 40.7 Å². The second-order valence-corrected chi connectivity index (χ2v) is 6.31. The van der Waals surface area contributed by atoms with Crippen molar-refractivity contribution in [2.45, 2.75) is 39.0 Å². The first-order chi connectivity index (χ1) is 9.49. The van der Waals surface area contributed by atoms with Gasteiger partial charge in [-0.1, -0.05) is 29.3 Å². The van der Waals surface area contributed by atoms with Crippen LogP contribution >= 0.6 is 11.5 Å².